The molecule has 25 heavy (non-hydrogen) atoms. The van der Waals surface area contributed by atoms with Crippen LogP contribution in [0.15, 0.2) is 16.7 Å². The van der Waals surface area contributed by atoms with Gasteiger partial charge in [-0.05, 0) is 37.8 Å². The van der Waals surface area contributed by atoms with Crippen LogP contribution in [0.25, 0.3) is 11.5 Å². The highest BCUT2D eigenvalue weighted by Gasteiger charge is 2.39. The summed E-state index contributed by atoms with van der Waals surface area (Å²) in [4.78, 5) is 16.4. The molecule has 0 bridgehead atoms. The van der Waals surface area contributed by atoms with E-state index >= 15 is 0 Å². The molecule has 1 aromatic heterocycles. The van der Waals surface area contributed by atoms with Crippen molar-refractivity contribution in [3.63, 3.8) is 0 Å². The van der Waals surface area contributed by atoms with Crippen LogP contribution in [0.5, 0.6) is 0 Å². The number of hydrogen-bond donors (Lipinski definition) is 2. The molecule has 6 nitrogen and oxygen atoms in total. The summed E-state index contributed by atoms with van der Waals surface area (Å²) in [6.45, 7) is 1.92. The topological polar surface area (TPSA) is 94.0 Å². The first-order valence-electron chi connectivity index (χ1n) is 7.85. The number of nitrogens with one attached hydrogen (secondary N) is 1. The molecule has 1 saturated carbocycles. The number of halogens is 3. The Hall–Kier alpha value is -1.34. The third-order valence-corrected chi connectivity index (χ3v) is 4.66. The predicted molar refractivity (Wildman–Crippen MR) is 100 cm³/mol. The van der Waals surface area contributed by atoms with Crippen molar-refractivity contribution >= 4 is 47.2 Å². The van der Waals surface area contributed by atoms with Gasteiger partial charge in [0, 0.05) is 11.4 Å². The summed E-state index contributed by atoms with van der Waals surface area (Å²) in [7, 11) is 0. The van der Waals surface area contributed by atoms with E-state index in [0.29, 0.717) is 33.5 Å². The number of carbonyl (C=O) groups is 1. The molecule has 1 heterocycles. The van der Waals surface area contributed by atoms with Crippen LogP contribution in [0.2, 0.25) is 10.0 Å². The maximum absolute atomic E-state index is 12.0. The Bertz CT molecular complexity index is 775. The summed E-state index contributed by atoms with van der Waals surface area (Å²) in [5.74, 6) is 0.556. The molecule has 1 fully saturated rings. The van der Waals surface area contributed by atoms with E-state index in [1.807, 2.05) is 6.92 Å². The minimum atomic E-state index is -0.532. The summed E-state index contributed by atoms with van der Waals surface area (Å²) >= 11 is 12.3. The maximum Gasteiger partial charge on any atom is 0.260 e. The zero-order chi connectivity index (χ0) is 17.3. The van der Waals surface area contributed by atoms with Crippen molar-refractivity contribution in [1.82, 2.24) is 10.1 Å². The number of rotatable bonds is 5. The lowest BCUT2D eigenvalue weighted by molar-refractivity contribution is -0.116. The molecule has 1 aliphatic carbocycles. The van der Waals surface area contributed by atoms with Gasteiger partial charge in [0.15, 0.2) is 5.82 Å². The van der Waals surface area contributed by atoms with E-state index in [9.17, 15) is 4.79 Å². The number of anilines is 1. The van der Waals surface area contributed by atoms with Gasteiger partial charge in [-0.1, -0.05) is 35.3 Å². The molecular weight excluding hydrogens is 387 g/mol. The van der Waals surface area contributed by atoms with Crippen LogP contribution in [0.1, 0.15) is 44.9 Å². The average Bonchev–Trinajstić information content (AvgIpc) is 2.97. The monoisotopic (exact) mass is 404 g/mol. The lowest BCUT2D eigenvalue weighted by Gasteiger charge is -2.34. The molecule has 136 valence electrons. The molecular formula is C16H19Cl3N4O2. The number of amides is 1. The van der Waals surface area contributed by atoms with Gasteiger partial charge in [-0.2, -0.15) is 4.98 Å². The van der Waals surface area contributed by atoms with E-state index in [1.54, 1.807) is 12.1 Å². The van der Waals surface area contributed by atoms with Gasteiger partial charge in [-0.25, -0.2) is 0 Å². The number of nitrogens with zero attached hydrogens (tertiary/aromatic N) is 2. The van der Waals surface area contributed by atoms with Crippen LogP contribution in [0.3, 0.4) is 0 Å². The Morgan fingerprint density at radius 1 is 1.40 bits per heavy atom. The third-order valence-electron chi connectivity index (χ3n) is 4.14. The van der Waals surface area contributed by atoms with E-state index in [0.717, 1.165) is 25.7 Å². The van der Waals surface area contributed by atoms with Gasteiger partial charge in [0.2, 0.25) is 5.91 Å². The molecule has 0 saturated heterocycles. The highest BCUT2D eigenvalue weighted by molar-refractivity contribution is 6.37. The summed E-state index contributed by atoms with van der Waals surface area (Å²) in [6, 6.07) is 3.19. The lowest BCUT2D eigenvalue weighted by atomic mass is 9.77. The molecule has 0 spiro atoms. The van der Waals surface area contributed by atoms with E-state index in [1.165, 1.54) is 0 Å². The van der Waals surface area contributed by atoms with Crippen molar-refractivity contribution in [1.29, 1.82) is 0 Å². The van der Waals surface area contributed by atoms with Crippen LogP contribution in [0.4, 0.5) is 5.69 Å². The first-order chi connectivity index (χ1) is 11.4. The normalized spacial score (nSPS) is 15.2. The van der Waals surface area contributed by atoms with Gasteiger partial charge >= 0.3 is 0 Å². The quantitative estimate of drug-likeness (QED) is 0.761. The van der Waals surface area contributed by atoms with Crippen molar-refractivity contribution in [2.75, 3.05) is 5.32 Å². The highest BCUT2D eigenvalue weighted by atomic mass is 35.5. The minimum Gasteiger partial charge on any atom is -0.334 e. The van der Waals surface area contributed by atoms with Crippen molar-refractivity contribution in [3.8, 4) is 11.5 Å². The Balaban J connectivity index is 0.00000225. The van der Waals surface area contributed by atoms with Gasteiger partial charge in [0.05, 0.1) is 21.8 Å². The summed E-state index contributed by atoms with van der Waals surface area (Å²) in [5.41, 5.74) is 6.59. The summed E-state index contributed by atoms with van der Waals surface area (Å²) < 4.78 is 5.36. The van der Waals surface area contributed by atoms with Crippen molar-refractivity contribution in [2.24, 2.45) is 5.73 Å². The van der Waals surface area contributed by atoms with Gasteiger partial charge in [-0.3, -0.25) is 4.79 Å². The van der Waals surface area contributed by atoms with Gasteiger partial charge in [0.1, 0.15) is 0 Å². The van der Waals surface area contributed by atoms with Crippen LogP contribution in [-0.4, -0.2) is 16.0 Å². The molecule has 3 N–H and O–H groups in total. The van der Waals surface area contributed by atoms with E-state index < -0.39 is 5.54 Å². The number of nitrogens with two attached hydrogens (primary N) is 1. The molecule has 2 aromatic rings. The fraction of sp³-hybridized carbons (Fsp3) is 0.438. The fourth-order valence-electron chi connectivity index (χ4n) is 2.61. The zero-order valence-corrected chi connectivity index (χ0v) is 16.0. The molecule has 0 unspecified atom stereocenters. The smallest absolute Gasteiger partial charge is 0.260 e. The highest BCUT2D eigenvalue weighted by Crippen LogP contribution is 2.40. The Morgan fingerprint density at radius 2 is 2.12 bits per heavy atom. The first kappa shape index (κ1) is 20.0. The third kappa shape index (κ3) is 4.08. The second-order valence-electron chi connectivity index (χ2n) is 6.04. The van der Waals surface area contributed by atoms with E-state index in [-0.39, 0.29) is 24.2 Å². The standard InChI is InChI=1S/C16H18Cl2N4O2.ClH/c1-2-4-12(23)20-13-10(7-9(17)8-11(13)18)14-21-15(22-24-14)16(19)5-3-6-16;/h7-8H,2-6,19H2,1H3,(H,20,23);1H. The number of aromatic nitrogens is 2. The number of carbonyl (C=O) groups excluding carboxylic acids is 1. The fourth-order valence-corrected chi connectivity index (χ4v) is 3.16. The molecule has 0 radical (unpaired) electrons. The van der Waals surface area contributed by atoms with E-state index in [4.69, 9.17) is 33.5 Å². The van der Waals surface area contributed by atoms with Gasteiger partial charge < -0.3 is 15.6 Å². The van der Waals surface area contributed by atoms with Crippen LogP contribution in [0, 0.1) is 0 Å². The first-order valence-corrected chi connectivity index (χ1v) is 8.61. The largest absolute Gasteiger partial charge is 0.334 e. The Labute approximate surface area is 161 Å². The maximum atomic E-state index is 12.0. The summed E-state index contributed by atoms with van der Waals surface area (Å²) in [6.07, 6.45) is 3.80. The van der Waals surface area contributed by atoms with E-state index in [2.05, 4.69) is 15.5 Å². The van der Waals surface area contributed by atoms with Crippen LogP contribution >= 0.6 is 35.6 Å². The molecule has 0 aliphatic heterocycles. The zero-order valence-electron chi connectivity index (χ0n) is 13.6. The van der Waals surface area contributed by atoms with Crippen molar-refractivity contribution < 1.29 is 9.32 Å². The molecule has 1 amide bonds. The number of hydrogen-bond acceptors (Lipinski definition) is 5. The molecule has 0 atom stereocenters. The van der Waals surface area contributed by atoms with Crippen molar-refractivity contribution in [2.45, 2.75) is 44.6 Å². The Morgan fingerprint density at radius 3 is 2.72 bits per heavy atom. The van der Waals surface area contributed by atoms with Gasteiger partial charge in [0.25, 0.3) is 5.89 Å². The average molecular weight is 406 g/mol. The second-order valence-corrected chi connectivity index (χ2v) is 6.88. The van der Waals surface area contributed by atoms with Gasteiger partial charge in [-0.15, -0.1) is 12.4 Å². The second kappa shape index (κ2) is 7.91. The lowest BCUT2D eigenvalue weighted by Crippen LogP contribution is -2.44. The molecule has 3 rings (SSSR count). The molecule has 9 heteroatoms. The predicted octanol–water partition coefficient (Wildman–Crippen LogP) is 4.54. The number of benzene rings is 1. The van der Waals surface area contributed by atoms with Crippen molar-refractivity contribution in [3.05, 3.63) is 28.0 Å². The minimum absolute atomic E-state index is 0. The van der Waals surface area contributed by atoms with Crippen LogP contribution < -0.4 is 11.1 Å². The Kier molecular flexibility index (Phi) is 6.32. The van der Waals surface area contributed by atoms with Crippen LogP contribution in [-0.2, 0) is 10.3 Å². The summed E-state index contributed by atoms with van der Waals surface area (Å²) in [5, 5.41) is 7.51. The molecule has 1 aliphatic rings. The SMILES string of the molecule is CCCC(=O)Nc1c(Cl)cc(Cl)cc1-c1nc(C2(N)CCC2)no1.Cl. The molecule has 1 aromatic carbocycles.